The Balaban J connectivity index is 1.19. The van der Waals surface area contributed by atoms with Gasteiger partial charge in [0, 0.05) is 37.0 Å². The molecule has 0 unspecified atom stereocenters. The summed E-state index contributed by atoms with van der Waals surface area (Å²) in [6.07, 6.45) is 7.85. The van der Waals surface area contributed by atoms with Crippen molar-refractivity contribution in [2.45, 2.75) is 50.2 Å². The molecule has 0 atom stereocenters. The van der Waals surface area contributed by atoms with E-state index < -0.39 is 5.60 Å². The molecular weight excluding hydrogens is 474 g/mol. The van der Waals surface area contributed by atoms with Gasteiger partial charge in [0.05, 0.1) is 24.8 Å². The summed E-state index contributed by atoms with van der Waals surface area (Å²) in [5, 5.41) is 13.2. The van der Waals surface area contributed by atoms with E-state index in [4.69, 9.17) is 9.47 Å². The van der Waals surface area contributed by atoms with E-state index >= 15 is 0 Å². The van der Waals surface area contributed by atoms with E-state index in [1.165, 1.54) is 19.2 Å². The van der Waals surface area contributed by atoms with E-state index in [9.17, 15) is 14.7 Å². The Hall–Kier alpha value is -3.66. The van der Waals surface area contributed by atoms with Crippen molar-refractivity contribution in [3.8, 4) is 22.8 Å². The second-order valence-electron chi connectivity index (χ2n) is 10.3. The van der Waals surface area contributed by atoms with Gasteiger partial charge in [-0.2, -0.15) is 0 Å². The number of carbonyl (C=O) groups is 2. The molecule has 0 radical (unpaired) electrons. The van der Waals surface area contributed by atoms with Gasteiger partial charge in [-0.05, 0) is 56.6 Å². The van der Waals surface area contributed by atoms with Gasteiger partial charge in [0.1, 0.15) is 34.6 Å². The van der Waals surface area contributed by atoms with Gasteiger partial charge in [-0.15, -0.1) is 0 Å². The number of carbonyl (C=O) groups excluding carboxylic acids is 2. The normalized spacial score (nSPS) is 19.0. The number of nitrogens with zero attached hydrogens (tertiary/aromatic N) is 3. The van der Waals surface area contributed by atoms with Gasteiger partial charge in [0.2, 0.25) is 0 Å². The highest BCUT2D eigenvalue weighted by Crippen LogP contribution is 2.39. The van der Waals surface area contributed by atoms with E-state index in [0.29, 0.717) is 85.1 Å². The van der Waals surface area contributed by atoms with Crippen LogP contribution >= 0.6 is 0 Å². The van der Waals surface area contributed by atoms with Gasteiger partial charge >= 0.3 is 0 Å². The topological polar surface area (TPSA) is 130 Å². The molecule has 2 aromatic heterocycles. The lowest BCUT2D eigenvalue weighted by Gasteiger charge is -2.33. The minimum atomic E-state index is -1.15. The van der Waals surface area contributed by atoms with E-state index in [1.807, 2.05) is 18.2 Å². The maximum atomic E-state index is 13.2. The van der Waals surface area contributed by atoms with Crippen LogP contribution in [-0.2, 0) is 4.79 Å². The molecule has 3 aromatic rings. The van der Waals surface area contributed by atoms with Crippen LogP contribution in [-0.4, -0.2) is 75.2 Å². The lowest BCUT2D eigenvalue weighted by molar-refractivity contribution is -0.143. The number of hydrogen-bond acceptors (Lipinski definition) is 7. The van der Waals surface area contributed by atoms with Crippen molar-refractivity contribution in [1.82, 2.24) is 25.2 Å². The summed E-state index contributed by atoms with van der Waals surface area (Å²) in [6.45, 7) is 1.69. The average molecular weight is 506 g/mol. The third-order valence-corrected chi connectivity index (χ3v) is 7.56. The van der Waals surface area contributed by atoms with E-state index in [2.05, 4.69) is 20.3 Å². The van der Waals surface area contributed by atoms with Crippen molar-refractivity contribution in [2.75, 3.05) is 26.8 Å². The molecule has 2 aliphatic carbocycles. The first-order chi connectivity index (χ1) is 17.9. The molecule has 0 bridgehead atoms. The number of amides is 2. The molecule has 2 amide bonds. The summed E-state index contributed by atoms with van der Waals surface area (Å²) >= 11 is 0. The van der Waals surface area contributed by atoms with Crippen LogP contribution in [0.4, 0.5) is 0 Å². The Kier molecular flexibility index (Phi) is 5.98. The molecule has 10 heteroatoms. The molecular formula is C27H31N5O5. The molecule has 3 fully saturated rings. The van der Waals surface area contributed by atoms with Crippen LogP contribution in [0.25, 0.3) is 22.3 Å². The van der Waals surface area contributed by atoms with Crippen LogP contribution in [0.15, 0.2) is 30.7 Å². The van der Waals surface area contributed by atoms with E-state index in [0.717, 1.165) is 5.56 Å². The first kappa shape index (κ1) is 23.7. The van der Waals surface area contributed by atoms with Crippen molar-refractivity contribution >= 4 is 22.8 Å². The van der Waals surface area contributed by atoms with Crippen molar-refractivity contribution in [2.24, 2.45) is 5.92 Å². The lowest BCUT2D eigenvalue weighted by Crippen LogP contribution is -2.49. The van der Waals surface area contributed by atoms with Crippen molar-refractivity contribution in [3.63, 3.8) is 0 Å². The lowest BCUT2D eigenvalue weighted by atomic mass is 10.0. The number of aliphatic hydroxyl groups is 1. The fourth-order valence-electron chi connectivity index (χ4n) is 4.87. The molecule has 194 valence electrons. The molecule has 6 rings (SSSR count). The number of methoxy groups -OCH3 is 1. The second-order valence-corrected chi connectivity index (χ2v) is 10.3. The standard InChI is InChI=1S/C27H31N5O5/c1-36-18-4-5-19(21(12-18)37-14-16-2-3-16)22-24-23(30-15-29-22)20(13-28-24)25(33)31-17-6-10-32(11-7-17)26(34)27(35)8-9-27/h4-5,12-13,15-17,28,35H,2-3,6-11,14H2,1H3,(H,31,33). The van der Waals surface area contributed by atoms with Crippen molar-refractivity contribution in [3.05, 3.63) is 36.3 Å². The molecule has 3 aliphatic rings. The minimum Gasteiger partial charge on any atom is -0.497 e. The average Bonchev–Trinajstić information content (AvgIpc) is 3.85. The monoisotopic (exact) mass is 505 g/mol. The van der Waals surface area contributed by atoms with E-state index in [1.54, 1.807) is 18.2 Å². The van der Waals surface area contributed by atoms with Gasteiger partial charge in [0.15, 0.2) is 0 Å². The van der Waals surface area contributed by atoms with Crippen LogP contribution in [0, 0.1) is 5.92 Å². The van der Waals surface area contributed by atoms with Crippen molar-refractivity contribution in [1.29, 1.82) is 0 Å². The first-order valence-corrected chi connectivity index (χ1v) is 12.9. The Bertz CT molecular complexity index is 1340. The number of likely N-dealkylation sites (tertiary alicyclic amines) is 1. The third kappa shape index (κ3) is 4.73. The summed E-state index contributed by atoms with van der Waals surface area (Å²) in [5.74, 6) is 1.57. The Morgan fingerprint density at radius 1 is 1.19 bits per heavy atom. The van der Waals surface area contributed by atoms with Crippen LogP contribution in [0.5, 0.6) is 11.5 Å². The molecule has 1 saturated heterocycles. The van der Waals surface area contributed by atoms with Crippen LogP contribution in [0.2, 0.25) is 0 Å². The number of benzene rings is 1. The molecule has 37 heavy (non-hydrogen) atoms. The first-order valence-electron chi connectivity index (χ1n) is 12.9. The number of aromatic amines is 1. The van der Waals surface area contributed by atoms with Gasteiger partial charge in [-0.1, -0.05) is 0 Å². The fourth-order valence-corrected chi connectivity index (χ4v) is 4.87. The van der Waals surface area contributed by atoms with Crippen molar-refractivity contribution < 1.29 is 24.2 Å². The highest BCUT2D eigenvalue weighted by atomic mass is 16.5. The molecule has 10 nitrogen and oxygen atoms in total. The number of H-pyrrole nitrogens is 1. The predicted molar refractivity (Wildman–Crippen MR) is 135 cm³/mol. The SMILES string of the molecule is COc1ccc(-c2ncnc3c(C(=O)NC4CCN(C(=O)C5(O)CC5)CC4)c[nH]c23)c(OCC2CC2)c1. The highest BCUT2D eigenvalue weighted by Gasteiger charge is 2.50. The van der Waals surface area contributed by atoms with Gasteiger partial charge in [-0.25, -0.2) is 9.97 Å². The number of fused-ring (bicyclic) bond motifs is 1. The van der Waals surface area contributed by atoms with Crippen LogP contribution in [0.1, 0.15) is 48.9 Å². The summed E-state index contributed by atoms with van der Waals surface area (Å²) in [6, 6.07) is 5.58. The smallest absolute Gasteiger partial charge is 0.255 e. The molecule has 2 saturated carbocycles. The predicted octanol–water partition coefficient (Wildman–Crippen LogP) is 2.67. The summed E-state index contributed by atoms with van der Waals surface area (Å²) in [5.41, 5.74) is 1.95. The van der Waals surface area contributed by atoms with Crippen LogP contribution < -0.4 is 14.8 Å². The Morgan fingerprint density at radius 2 is 1.97 bits per heavy atom. The molecule has 3 N–H and O–H groups in total. The maximum Gasteiger partial charge on any atom is 0.255 e. The number of hydrogen-bond donors (Lipinski definition) is 3. The number of piperidine rings is 1. The zero-order valence-corrected chi connectivity index (χ0v) is 20.8. The van der Waals surface area contributed by atoms with Gasteiger partial charge in [0.25, 0.3) is 11.8 Å². The van der Waals surface area contributed by atoms with Crippen LogP contribution in [0.3, 0.4) is 0 Å². The summed E-state index contributed by atoms with van der Waals surface area (Å²) in [7, 11) is 1.62. The van der Waals surface area contributed by atoms with E-state index in [-0.39, 0.29) is 17.9 Å². The quantitative estimate of drug-likeness (QED) is 0.429. The molecule has 1 aliphatic heterocycles. The Morgan fingerprint density at radius 3 is 2.68 bits per heavy atom. The molecule has 1 aromatic carbocycles. The fraction of sp³-hybridized carbons (Fsp3) is 0.481. The number of nitrogens with one attached hydrogen (secondary N) is 2. The number of rotatable bonds is 8. The number of ether oxygens (including phenoxy) is 2. The maximum absolute atomic E-state index is 13.2. The highest BCUT2D eigenvalue weighted by molar-refractivity contribution is 6.08. The number of aromatic nitrogens is 3. The Labute approximate surface area is 214 Å². The largest absolute Gasteiger partial charge is 0.497 e. The summed E-state index contributed by atoms with van der Waals surface area (Å²) < 4.78 is 11.5. The van der Waals surface area contributed by atoms with Gasteiger partial charge < -0.3 is 29.8 Å². The molecule has 0 spiro atoms. The second kappa shape index (κ2) is 9.33. The summed E-state index contributed by atoms with van der Waals surface area (Å²) in [4.78, 5) is 39.4. The minimum absolute atomic E-state index is 0.0549. The van der Waals surface area contributed by atoms with Gasteiger partial charge in [-0.3, -0.25) is 9.59 Å². The molecule has 3 heterocycles. The third-order valence-electron chi connectivity index (χ3n) is 7.56. The zero-order chi connectivity index (χ0) is 25.6. The zero-order valence-electron chi connectivity index (χ0n) is 20.8.